The van der Waals surface area contributed by atoms with Gasteiger partial charge in [0.05, 0.1) is 18.8 Å². The van der Waals surface area contributed by atoms with Crippen LogP contribution in [0.2, 0.25) is 0 Å². The van der Waals surface area contributed by atoms with Gasteiger partial charge in [0.1, 0.15) is 11.6 Å². The molecule has 0 saturated carbocycles. The highest BCUT2D eigenvalue weighted by atomic mass is 32.2. The van der Waals surface area contributed by atoms with Crippen molar-refractivity contribution in [3.63, 3.8) is 0 Å². The molecule has 0 aromatic heterocycles. The predicted octanol–water partition coefficient (Wildman–Crippen LogP) is 1.13. The molecule has 1 unspecified atom stereocenters. The average Bonchev–Trinajstić information content (AvgIpc) is 2.37. The maximum absolute atomic E-state index is 12.9. The standard InChI is InChI=1S/C13H16FNO5S/c1-9(6-13(17)20-2)21(18,19)8-12(16)15-11-5-3-4-10(14)7-11/h3-5,7,9H,6,8H2,1-2H3,(H,15,16). The highest BCUT2D eigenvalue weighted by molar-refractivity contribution is 7.92. The molecule has 6 nitrogen and oxygen atoms in total. The van der Waals surface area contributed by atoms with Gasteiger partial charge in [-0.3, -0.25) is 9.59 Å². The van der Waals surface area contributed by atoms with Crippen molar-refractivity contribution in [2.75, 3.05) is 18.2 Å². The van der Waals surface area contributed by atoms with E-state index in [0.29, 0.717) is 0 Å². The first-order chi connectivity index (χ1) is 9.74. The van der Waals surface area contributed by atoms with Crippen LogP contribution < -0.4 is 5.32 Å². The molecule has 1 atom stereocenters. The van der Waals surface area contributed by atoms with Gasteiger partial charge in [0.25, 0.3) is 0 Å². The van der Waals surface area contributed by atoms with Gasteiger partial charge in [0, 0.05) is 5.69 Å². The fourth-order valence-electron chi connectivity index (χ4n) is 1.53. The van der Waals surface area contributed by atoms with Gasteiger partial charge in [-0.05, 0) is 25.1 Å². The molecule has 0 saturated heterocycles. The smallest absolute Gasteiger partial charge is 0.306 e. The number of nitrogens with one attached hydrogen (secondary N) is 1. The summed E-state index contributed by atoms with van der Waals surface area (Å²) in [5, 5.41) is 1.25. The van der Waals surface area contributed by atoms with Crippen LogP contribution in [0, 0.1) is 5.82 Å². The Balaban J connectivity index is 2.66. The fraction of sp³-hybridized carbons (Fsp3) is 0.385. The summed E-state index contributed by atoms with van der Waals surface area (Å²) in [6, 6.07) is 5.10. The number of amides is 1. The molecule has 1 aromatic carbocycles. The monoisotopic (exact) mass is 317 g/mol. The van der Waals surface area contributed by atoms with Crippen molar-refractivity contribution in [1.82, 2.24) is 0 Å². The topological polar surface area (TPSA) is 89.5 Å². The highest BCUT2D eigenvalue weighted by Gasteiger charge is 2.26. The SMILES string of the molecule is COC(=O)CC(C)S(=O)(=O)CC(=O)Nc1cccc(F)c1. The van der Waals surface area contributed by atoms with E-state index in [-0.39, 0.29) is 12.1 Å². The van der Waals surface area contributed by atoms with E-state index in [2.05, 4.69) is 10.1 Å². The Labute approximate surface area is 122 Å². The van der Waals surface area contributed by atoms with Crippen LogP contribution in [0.4, 0.5) is 10.1 Å². The quantitative estimate of drug-likeness (QED) is 0.794. The van der Waals surface area contributed by atoms with E-state index in [4.69, 9.17) is 0 Å². The average molecular weight is 317 g/mol. The summed E-state index contributed by atoms with van der Waals surface area (Å²) in [4.78, 5) is 22.7. The number of ether oxygens (including phenoxy) is 1. The number of anilines is 1. The molecule has 0 heterocycles. The zero-order valence-corrected chi connectivity index (χ0v) is 12.4. The Bertz CT molecular complexity index is 629. The zero-order valence-electron chi connectivity index (χ0n) is 11.6. The lowest BCUT2D eigenvalue weighted by atomic mass is 10.3. The summed E-state index contributed by atoms with van der Waals surface area (Å²) in [6.07, 6.45) is -0.327. The number of carbonyl (C=O) groups excluding carboxylic acids is 2. The Hall–Kier alpha value is -1.96. The van der Waals surface area contributed by atoms with Gasteiger partial charge in [-0.25, -0.2) is 12.8 Å². The first-order valence-corrected chi connectivity index (χ1v) is 7.80. The molecule has 0 aliphatic heterocycles. The van der Waals surface area contributed by atoms with Crippen molar-refractivity contribution in [3.05, 3.63) is 30.1 Å². The first-order valence-electron chi connectivity index (χ1n) is 6.08. The molecule has 0 spiro atoms. The van der Waals surface area contributed by atoms with Crippen molar-refractivity contribution in [2.24, 2.45) is 0 Å². The lowest BCUT2D eigenvalue weighted by molar-refractivity contribution is -0.140. The van der Waals surface area contributed by atoms with Crippen molar-refractivity contribution in [2.45, 2.75) is 18.6 Å². The van der Waals surface area contributed by atoms with Gasteiger partial charge in [-0.2, -0.15) is 0 Å². The molecule has 1 rings (SSSR count). The van der Waals surface area contributed by atoms with Crippen molar-refractivity contribution < 1.29 is 27.1 Å². The number of hydrogen-bond acceptors (Lipinski definition) is 5. The molecule has 116 valence electrons. The molecular weight excluding hydrogens is 301 g/mol. The maximum Gasteiger partial charge on any atom is 0.306 e. The summed E-state index contributed by atoms with van der Waals surface area (Å²) < 4.78 is 41.1. The third-order valence-electron chi connectivity index (χ3n) is 2.74. The van der Waals surface area contributed by atoms with Crippen LogP contribution in [0.15, 0.2) is 24.3 Å². The van der Waals surface area contributed by atoms with Gasteiger partial charge < -0.3 is 10.1 Å². The van der Waals surface area contributed by atoms with E-state index < -0.39 is 38.5 Å². The Kier molecular flexibility index (Phi) is 5.83. The second kappa shape index (κ2) is 7.16. The van der Waals surface area contributed by atoms with E-state index in [1.54, 1.807) is 0 Å². The molecule has 0 bridgehead atoms. The Morgan fingerprint density at radius 1 is 1.38 bits per heavy atom. The van der Waals surface area contributed by atoms with Gasteiger partial charge in [0.15, 0.2) is 9.84 Å². The second-order valence-corrected chi connectivity index (χ2v) is 6.88. The summed E-state index contributed by atoms with van der Waals surface area (Å²) in [7, 11) is -2.65. The number of esters is 1. The van der Waals surface area contributed by atoms with Crippen LogP contribution >= 0.6 is 0 Å². The number of halogens is 1. The van der Waals surface area contributed by atoms with Crippen LogP contribution in [0.3, 0.4) is 0 Å². The molecule has 21 heavy (non-hydrogen) atoms. The third kappa shape index (κ3) is 5.50. The van der Waals surface area contributed by atoms with E-state index in [9.17, 15) is 22.4 Å². The first kappa shape index (κ1) is 17.1. The molecule has 0 aliphatic rings. The predicted molar refractivity (Wildman–Crippen MR) is 74.9 cm³/mol. The fourth-order valence-corrected chi connectivity index (χ4v) is 2.65. The van der Waals surface area contributed by atoms with Crippen LogP contribution in [-0.4, -0.2) is 38.4 Å². The normalized spacial score (nSPS) is 12.5. The molecule has 0 aliphatic carbocycles. The second-order valence-electron chi connectivity index (χ2n) is 4.46. The van der Waals surface area contributed by atoms with E-state index >= 15 is 0 Å². The summed E-state index contributed by atoms with van der Waals surface area (Å²) in [6.45, 7) is 1.32. The van der Waals surface area contributed by atoms with Crippen LogP contribution in [0.5, 0.6) is 0 Å². The lowest BCUT2D eigenvalue weighted by Crippen LogP contribution is -2.31. The van der Waals surface area contributed by atoms with E-state index in [1.165, 1.54) is 25.1 Å². The highest BCUT2D eigenvalue weighted by Crippen LogP contribution is 2.11. The van der Waals surface area contributed by atoms with Crippen LogP contribution in [0.1, 0.15) is 13.3 Å². The summed E-state index contributed by atoms with van der Waals surface area (Å²) in [5.41, 5.74) is 0.163. The minimum absolute atomic E-state index is 0.163. The number of methoxy groups -OCH3 is 1. The lowest BCUT2D eigenvalue weighted by Gasteiger charge is -2.11. The Morgan fingerprint density at radius 3 is 2.62 bits per heavy atom. The van der Waals surface area contributed by atoms with E-state index in [0.717, 1.165) is 13.2 Å². The summed E-state index contributed by atoms with van der Waals surface area (Å²) in [5.74, 6) is -2.80. The minimum atomic E-state index is -3.80. The maximum atomic E-state index is 12.9. The third-order valence-corrected chi connectivity index (χ3v) is 4.79. The van der Waals surface area contributed by atoms with Crippen LogP contribution in [-0.2, 0) is 24.2 Å². The van der Waals surface area contributed by atoms with Crippen LogP contribution in [0.25, 0.3) is 0 Å². The van der Waals surface area contributed by atoms with Gasteiger partial charge >= 0.3 is 5.97 Å². The van der Waals surface area contributed by atoms with E-state index in [1.807, 2.05) is 0 Å². The number of hydrogen-bond donors (Lipinski definition) is 1. The van der Waals surface area contributed by atoms with Gasteiger partial charge in [-0.15, -0.1) is 0 Å². The van der Waals surface area contributed by atoms with Gasteiger partial charge in [-0.1, -0.05) is 6.07 Å². The summed E-state index contributed by atoms with van der Waals surface area (Å²) >= 11 is 0. The van der Waals surface area contributed by atoms with Crippen molar-refractivity contribution in [1.29, 1.82) is 0 Å². The molecule has 1 aromatic rings. The van der Waals surface area contributed by atoms with Crippen molar-refractivity contribution in [3.8, 4) is 0 Å². The molecule has 1 N–H and O–H groups in total. The van der Waals surface area contributed by atoms with Gasteiger partial charge in [0.2, 0.25) is 5.91 Å². The number of sulfone groups is 1. The van der Waals surface area contributed by atoms with Crippen molar-refractivity contribution >= 4 is 27.4 Å². The molecule has 8 heteroatoms. The number of benzene rings is 1. The minimum Gasteiger partial charge on any atom is -0.469 e. The molecular formula is C13H16FNO5S. The molecule has 0 radical (unpaired) electrons. The largest absolute Gasteiger partial charge is 0.469 e. The molecule has 0 fully saturated rings. The number of rotatable bonds is 6. The molecule has 1 amide bonds. The number of carbonyl (C=O) groups is 2. The Morgan fingerprint density at radius 2 is 2.05 bits per heavy atom. The zero-order chi connectivity index (χ0) is 16.0.